The number of hydrogen-bond donors (Lipinski definition) is 0. The van der Waals surface area contributed by atoms with Crippen molar-refractivity contribution in [1.29, 1.82) is 0 Å². The first-order valence-corrected chi connectivity index (χ1v) is 5.44. The van der Waals surface area contributed by atoms with Crippen molar-refractivity contribution >= 4 is 6.08 Å². The quantitative estimate of drug-likeness (QED) is 0.704. The number of rotatable bonds is 3. The first kappa shape index (κ1) is 10.2. The van der Waals surface area contributed by atoms with E-state index in [0.717, 1.165) is 25.0 Å². The molecule has 1 aromatic rings. The second-order valence-electron chi connectivity index (χ2n) is 3.65. The summed E-state index contributed by atoms with van der Waals surface area (Å²) in [5, 5.41) is 0. The van der Waals surface area contributed by atoms with E-state index in [2.05, 4.69) is 0 Å². The Morgan fingerprint density at radius 1 is 1.20 bits per heavy atom. The number of benzene rings is 1. The van der Waals surface area contributed by atoms with Gasteiger partial charge in [0.1, 0.15) is 0 Å². The SMILES string of the molecule is C(=Cc1ccccc1)OC1CCCCO1. The molecular weight excluding hydrogens is 188 g/mol. The lowest BCUT2D eigenvalue weighted by Gasteiger charge is -2.21. The average Bonchev–Trinajstić information content (AvgIpc) is 2.32. The van der Waals surface area contributed by atoms with E-state index in [4.69, 9.17) is 9.47 Å². The van der Waals surface area contributed by atoms with Crippen molar-refractivity contribution in [3.8, 4) is 0 Å². The lowest BCUT2D eigenvalue weighted by atomic mass is 10.2. The molecule has 2 heteroatoms. The van der Waals surface area contributed by atoms with Crippen LogP contribution in [0, 0.1) is 0 Å². The Hall–Kier alpha value is -1.28. The highest BCUT2D eigenvalue weighted by molar-refractivity contribution is 5.47. The molecule has 0 amide bonds. The van der Waals surface area contributed by atoms with Crippen LogP contribution < -0.4 is 0 Å². The van der Waals surface area contributed by atoms with Gasteiger partial charge in [-0.3, -0.25) is 0 Å². The Morgan fingerprint density at radius 3 is 2.80 bits per heavy atom. The summed E-state index contributed by atoms with van der Waals surface area (Å²) in [5.74, 6) is 0. The predicted molar refractivity (Wildman–Crippen MR) is 60.2 cm³/mol. The zero-order valence-corrected chi connectivity index (χ0v) is 8.76. The van der Waals surface area contributed by atoms with Gasteiger partial charge >= 0.3 is 0 Å². The van der Waals surface area contributed by atoms with Crippen molar-refractivity contribution in [2.24, 2.45) is 0 Å². The van der Waals surface area contributed by atoms with Crippen LogP contribution in [0.5, 0.6) is 0 Å². The monoisotopic (exact) mass is 204 g/mol. The third kappa shape index (κ3) is 3.40. The Balaban J connectivity index is 1.79. The molecule has 0 aliphatic carbocycles. The molecule has 1 unspecified atom stereocenters. The molecule has 1 saturated heterocycles. The van der Waals surface area contributed by atoms with Crippen molar-refractivity contribution in [1.82, 2.24) is 0 Å². The highest BCUT2D eigenvalue weighted by Crippen LogP contribution is 2.14. The van der Waals surface area contributed by atoms with Gasteiger partial charge in [0, 0.05) is 6.42 Å². The third-order valence-electron chi connectivity index (χ3n) is 2.43. The maximum Gasteiger partial charge on any atom is 0.198 e. The van der Waals surface area contributed by atoms with E-state index in [9.17, 15) is 0 Å². The Morgan fingerprint density at radius 2 is 2.07 bits per heavy atom. The summed E-state index contributed by atoms with van der Waals surface area (Å²) >= 11 is 0. The maximum atomic E-state index is 5.48. The van der Waals surface area contributed by atoms with Crippen molar-refractivity contribution in [3.05, 3.63) is 42.2 Å². The van der Waals surface area contributed by atoms with Gasteiger partial charge in [-0.2, -0.15) is 0 Å². The lowest BCUT2D eigenvalue weighted by molar-refractivity contribution is -0.129. The van der Waals surface area contributed by atoms with Crippen LogP contribution in [0.3, 0.4) is 0 Å². The molecule has 2 nitrogen and oxygen atoms in total. The molecule has 0 saturated carbocycles. The van der Waals surface area contributed by atoms with Crippen LogP contribution in [0.4, 0.5) is 0 Å². The number of ether oxygens (including phenoxy) is 2. The van der Waals surface area contributed by atoms with Crippen LogP contribution in [0.1, 0.15) is 24.8 Å². The average molecular weight is 204 g/mol. The molecule has 0 aromatic heterocycles. The first-order valence-electron chi connectivity index (χ1n) is 5.44. The molecule has 0 radical (unpaired) electrons. The van der Waals surface area contributed by atoms with Crippen LogP contribution in [0.15, 0.2) is 36.6 Å². The molecule has 1 atom stereocenters. The molecule has 1 heterocycles. The van der Waals surface area contributed by atoms with Gasteiger partial charge in [-0.25, -0.2) is 0 Å². The topological polar surface area (TPSA) is 18.5 Å². The summed E-state index contributed by atoms with van der Waals surface area (Å²) < 4.78 is 10.9. The van der Waals surface area contributed by atoms with Gasteiger partial charge in [0.05, 0.1) is 12.9 Å². The molecule has 0 spiro atoms. The van der Waals surface area contributed by atoms with E-state index < -0.39 is 0 Å². The van der Waals surface area contributed by atoms with Gasteiger partial charge in [0.25, 0.3) is 0 Å². The largest absolute Gasteiger partial charge is 0.473 e. The predicted octanol–water partition coefficient (Wildman–Crippen LogP) is 3.20. The standard InChI is InChI=1S/C13H16O2/c1-2-6-12(7-3-1)9-11-15-13-8-4-5-10-14-13/h1-3,6-7,9,11,13H,4-5,8,10H2. The molecule has 0 bridgehead atoms. The summed E-state index contributed by atoms with van der Waals surface area (Å²) in [4.78, 5) is 0. The van der Waals surface area contributed by atoms with E-state index >= 15 is 0 Å². The van der Waals surface area contributed by atoms with Gasteiger partial charge in [-0.05, 0) is 24.5 Å². The fourth-order valence-corrected chi connectivity index (χ4v) is 1.59. The maximum absolute atomic E-state index is 5.48. The van der Waals surface area contributed by atoms with Crippen molar-refractivity contribution in [3.63, 3.8) is 0 Å². The molecule has 2 rings (SSSR count). The van der Waals surface area contributed by atoms with E-state index in [1.54, 1.807) is 6.26 Å². The second kappa shape index (κ2) is 5.56. The molecule has 15 heavy (non-hydrogen) atoms. The molecule has 80 valence electrons. The molecule has 1 aliphatic rings. The van der Waals surface area contributed by atoms with Gasteiger partial charge in [0.15, 0.2) is 6.29 Å². The van der Waals surface area contributed by atoms with Crippen molar-refractivity contribution in [2.45, 2.75) is 25.6 Å². The normalized spacial score (nSPS) is 21.7. The Labute approximate surface area is 90.5 Å². The van der Waals surface area contributed by atoms with Crippen LogP contribution in [-0.4, -0.2) is 12.9 Å². The van der Waals surface area contributed by atoms with E-state index in [1.807, 2.05) is 36.4 Å². The zero-order valence-electron chi connectivity index (χ0n) is 8.76. The van der Waals surface area contributed by atoms with Gasteiger partial charge < -0.3 is 9.47 Å². The van der Waals surface area contributed by atoms with Crippen LogP contribution in [-0.2, 0) is 9.47 Å². The highest BCUT2D eigenvalue weighted by Gasteiger charge is 2.12. The minimum absolute atomic E-state index is 0.0429. The molecular formula is C13H16O2. The van der Waals surface area contributed by atoms with E-state index in [1.165, 1.54) is 6.42 Å². The number of hydrogen-bond acceptors (Lipinski definition) is 2. The summed E-state index contributed by atoms with van der Waals surface area (Å²) in [6.45, 7) is 0.823. The summed E-state index contributed by atoms with van der Waals surface area (Å²) in [6.07, 6.45) is 6.99. The van der Waals surface area contributed by atoms with Gasteiger partial charge in [-0.1, -0.05) is 30.3 Å². The Bertz CT molecular complexity index is 300. The van der Waals surface area contributed by atoms with Crippen molar-refractivity contribution in [2.75, 3.05) is 6.61 Å². The zero-order chi connectivity index (χ0) is 10.3. The summed E-state index contributed by atoms with van der Waals surface area (Å²) in [7, 11) is 0. The van der Waals surface area contributed by atoms with Gasteiger partial charge in [-0.15, -0.1) is 0 Å². The molecule has 1 fully saturated rings. The summed E-state index contributed by atoms with van der Waals surface area (Å²) in [6, 6.07) is 10.1. The van der Waals surface area contributed by atoms with E-state index in [0.29, 0.717) is 0 Å². The fourth-order valence-electron chi connectivity index (χ4n) is 1.59. The highest BCUT2D eigenvalue weighted by atomic mass is 16.7. The Kier molecular flexibility index (Phi) is 3.80. The van der Waals surface area contributed by atoms with Crippen LogP contribution >= 0.6 is 0 Å². The summed E-state index contributed by atoms with van der Waals surface area (Å²) in [5.41, 5.74) is 1.15. The van der Waals surface area contributed by atoms with Crippen LogP contribution in [0.25, 0.3) is 6.08 Å². The smallest absolute Gasteiger partial charge is 0.198 e. The van der Waals surface area contributed by atoms with Gasteiger partial charge in [0.2, 0.25) is 0 Å². The van der Waals surface area contributed by atoms with E-state index in [-0.39, 0.29) is 6.29 Å². The minimum Gasteiger partial charge on any atom is -0.473 e. The van der Waals surface area contributed by atoms with Crippen molar-refractivity contribution < 1.29 is 9.47 Å². The third-order valence-corrected chi connectivity index (χ3v) is 2.43. The minimum atomic E-state index is -0.0429. The molecule has 1 aromatic carbocycles. The lowest BCUT2D eigenvalue weighted by Crippen LogP contribution is -2.19. The first-order chi connectivity index (χ1) is 7.45. The van der Waals surface area contributed by atoms with Crippen LogP contribution in [0.2, 0.25) is 0 Å². The second-order valence-corrected chi connectivity index (χ2v) is 3.65. The fraction of sp³-hybridized carbons (Fsp3) is 0.385. The molecule has 0 N–H and O–H groups in total. The molecule has 1 aliphatic heterocycles.